The van der Waals surface area contributed by atoms with Crippen LogP contribution in [0.2, 0.25) is 0 Å². The first-order valence-electron chi connectivity index (χ1n) is 8.61. The lowest BCUT2D eigenvalue weighted by Crippen LogP contribution is -2.20. The number of nitrogens with one attached hydrogen (secondary N) is 1. The van der Waals surface area contributed by atoms with Crippen LogP contribution in [0.3, 0.4) is 0 Å². The highest BCUT2D eigenvalue weighted by atomic mass is 16.5. The van der Waals surface area contributed by atoms with Gasteiger partial charge in [-0.25, -0.2) is 0 Å². The Morgan fingerprint density at radius 1 is 0.632 bits per heavy atom. The highest BCUT2D eigenvalue weighted by Crippen LogP contribution is 2.11. The van der Waals surface area contributed by atoms with E-state index in [9.17, 15) is 0 Å². The number of methoxy groups -OCH3 is 1. The standard InChI is InChI=1S/C17H37NO/c1-3-4-5-6-7-8-9-10-11-12-13-14-15-18-16-17-19-2/h18H,3-17H2,1-2H3. The van der Waals surface area contributed by atoms with E-state index in [1.807, 2.05) is 0 Å². The molecule has 0 aliphatic carbocycles. The molecule has 0 aromatic rings. The summed E-state index contributed by atoms with van der Waals surface area (Å²) < 4.78 is 4.99. The molecule has 0 fully saturated rings. The summed E-state index contributed by atoms with van der Waals surface area (Å²) in [5, 5.41) is 3.40. The number of rotatable bonds is 16. The molecular weight excluding hydrogens is 234 g/mol. The Hall–Kier alpha value is -0.0800. The second kappa shape index (κ2) is 17.9. The van der Waals surface area contributed by atoms with Gasteiger partial charge in [-0.1, -0.05) is 77.6 Å². The number of unbranched alkanes of at least 4 members (excludes halogenated alkanes) is 11. The summed E-state index contributed by atoms with van der Waals surface area (Å²) in [6.07, 6.45) is 17.1. The Bertz CT molecular complexity index is 134. The first kappa shape index (κ1) is 18.9. The van der Waals surface area contributed by atoms with Crippen LogP contribution in [0.25, 0.3) is 0 Å². The Kier molecular flexibility index (Phi) is 17.8. The monoisotopic (exact) mass is 271 g/mol. The largest absolute Gasteiger partial charge is 0.383 e. The first-order valence-corrected chi connectivity index (χ1v) is 8.61. The Morgan fingerprint density at radius 2 is 1.11 bits per heavy atom. The van der Waals surface area contributed by atoms with Crippen molar-refractivity contribution in [1.82, 2.24) is 5.32 Å². The molecule has 1 N–H and O–H groups in total. The average molecular weight is 271 g/mol. The van der Waals surface area contributed by atoms with Gasteiger partial charge in [0.05, 0.1) is 6.61 Å². The molecule has 0 aromatic heterocycles. The molecule has 2 heteroatoms. The van der Waals surface area contributed by atoms with E-state index < -0.39 is 0 Å². The van der Waals surface area contributed by atoms with E-state index in [2.05, 4.69) is 12.2 Å². The van der Waals surface area contributed by atoms with Gasteiger partial charge in [0.25, 0.3) is 0 Å². The lowest BCUT2D eigenvalue weighted by atomic mass is 10.1. The van der Waals surface area contributed by atoms with Crippen LogP contribution in [0.15, 0.2) is 0 Å². The minimum Gasteiger partial charge on any atom is -0.383 e. The third-order valence-corrected chi connectivity index (χ3v) is 3.69. The topological polar surface area (TPSA) is 21.3 Å². The Morgan fingerprint density at radius 3 is 1.58 bits per heavy atom. The van der Waals surface area contributed by atoms with E-state index in [1.165, 1.54) is 77.0 Å². The lowest BCUT2D eigenvalue weighted by Gasteiger charge is -2.04. The summed E-state index contributed by atoms with van der Waals surface area (Å²) in [5.41, 5.74) is 0. The fourth-order valence-electron chi connectivity index (χ4n) is 2.39. The second-order valence-electron chi connectivity index (χ2n) is 5.63. The fraction of sp³-hybridized carbons (Fsp3) is 1.00. The van der Waals surface area contributed by atoms with Crippen molar-refractivity contribution >= 4 is 0 Å². The van der Waals surface area contributed by atoms with Crippen LogP contribution in [-0.4, -0.2) is 26.8 Å². The van der Waals surface area contributed by atoms with Gasteiger partial charge in [-0.05, 0) is 13.0 Å². The average Bonchev–Trinajstić information content (AvgIpc) is 2.43. The van der Waals surface area contributed by atoms with E-state index >= 15 is 0 Å². The van der Waals surface area contributed by atoms with Crippen LogP contribution in [0.4, 0.5) is 0 Å². The molecule has 0 unspecified atom stereocenters. The predicted octanol–water partition coefficient (Wildman–Crippen LogP) is 4.92. The quantitative estimate of drug-likeness (QED) is 0.402. The van der Waals surface area contributed by atoms with Crippen molar-refractivity contribution in [2.45, 2.75) is 84.0 Å². The van der Waals surface area contributed by atoms with Crippen molar-refractivity contribution in [2.24, 2.45) is 0 Å². The maximum atomic E-state index is 4.99. The number of ether oxygens (including phenoxy) is 1. The molecule has 0 rings (SSSR count). The summed E-state index contributed by atoms with van der Waals surface area (Å²) >= 11 is 0. The molecule has 0 bridgehead atoms. The summed E-state index contributed by atoms with van der Waals surface area (Å²) in [4.78, 5) is 0. The molecule has 0 saturated heterocycles. The van der Waals surface area contributed by atoms with Crippen LogP contribution in [-0.2, 0) is 4.74 Å². The molecule has 0 aliphatic heterocycles. The second-order valence-corrected chi connectivity index (χ2v) is 5.63. The van der Waals surface area contributed by atoms with Crippen molar-refractivity contribution in [2.75, 3.05) is 26.8 Å². The first-order chi connectivity index (χ1) is 9.41. The van der Waals surface area contributed by atoms with Crippen molar-refractivity contribution in [3.8, 4) is 0 Å². The minimum absolute atomic E-state index is 0.832. The molecule has 2 nitrogen and oxygen atoms in total. The van der Waals surface area contributed by atoms with Crippen molar-refractivity contribution < 1.29 is 4.74 Å². The molecule has 0 spiro atoms. The van der Waals surface area contributed by atoms with Gasteiger partial charge in [0.1, 0.15) is 0 Å². The van der Waals surface area contributed by atoms with Crippen LogP contribution in [0, 0.1) is 0 Å². The Balaban J connectivity index is 2.88. The van der Waals surface area contributed by atoms with Crippen LogP contribution < -0.4 is 5.32 Å². The molecule has 0 heterocycles. The van der Waals surface area contributed by atoms with Crippen molar-refractivity contribution in [3.63, 3.8) is 0 Å². The highest BCUT2D eigenvalue weighted by Gasteiger charge is 1.93. The maximum absolute atomic E-state index is 4.99. The number of hydrogen-bond acceptors (Lipinski definition) is 2. The van der Waals surface area contributed by atoms with E-state index in [0.29, 0.717) is 0 Å². The molecule has 116 valence electrons. The summed E-state index contributed by atoms with van der Waals surface area (Å²) in [5.74, 6) is 0. The van der Waals surface area contributed by atoms with E-state index in [-0.39, 0.29) is 0 Å². The third kappa shape index (κ3) is 17.9. The molecule has 0 amide bonds. The molecule has 0 aromatic carbocycles. The molecule has 0 atom stereocenters. The van der Waals surface area contributed by atoms with E-state index in [4.69, 9.17) is 4.74 Å². The van der Waals surface area contributed by atoms with E-state index in [1.54, 1.807) is 7.11 Å². The third-order valence-electron chi connectivity index (χ3n) is 3.69. The van der Waals surface area contributed by atoms with Gasteiger partial charge in [0.15, 0.2) is 0 Å². The molecule has 0 saturated carbocycles. The van der Waals surface area contributed by atoms with Gasteiger partial charge in [0, 0.05) is 13.7 Å². The minimum atomic E-state index is 0.832. The maximum Gasteiger partial charge on any atom is 0.0587 e. The fourth-order valence-corrected chi connectivity index (χ4v) is 2.39. The van der Waals surface area contributed by atoms with Gasteiger partial charge in [-0.3, -0.25) is 0 Å². The molecule has 19 heavy (non-hydrogen) atoms. The zero-order chi connectivity index (χ0) is 14.0. The van der Waals surface area contributed by atoms with Crippen molar-refractivity contribution in [1.29, 1.82) is 0 Å². The van der Waals surface area contributed by atoms with Crippen LogP contribution >= 0.6 is 0 Å². The highest BCUT2D eigenvalue weighted by molar-refractivity contribution is 4.50. The predicted molar refractivity (Wildman–Crippen MR) is 85.8 cm³/mol. The van der Waals surface area contributed by atoms with Gasteiger partial charge in [-0.2, -0.15) is 0 Å². The van der Waals surface area contributed by atoms with Gasteiger partial charge >= 0.3 is 0 Å². The normalized spacial score (nSPS) is 11.1. The van der Waals surface area contributed by atoms with Gasteiger partial charge in [0.2, 0.25) is 0 Å². The molecular formula is C17H37NO. The Labute approximate surface area is 121 Å². The van der Waals surface area contributed by atoms with Gasteiger partial charge < -0.3 is 10.1 Å². The SMILES string of the molecule is CCCCCCCCCCCCCCNCCOC. The zero-order valence-corrected chi connectivity index (χ0v) is 13.5. The van der Waals surface area contributed by atoms with Crippen molar-refractivity contribution in [3.05, 3.63) is 0 Å². The lowest BCUT2D eigenvalue weighted by molar-refractivity contribution is 0.199. The molecule has 0 radical (unpaired) electrons. The summed E-state index contributed by atoms with van der Waals surface area (Å²) in [6, 6.07) is 0. The summed E-state index contributed by atoms with van der Waals surface area (Å²) in [7, 11) is 1.76. The molecule has 0 aliphatic rings. The zero-order valence-electron chi connectivity index (χ0n) is 13.5. The number of hydrogen-bond donors (Lipinski definition) is 1. The van der Waals surface area contributed by atoms with E-state index in [0.717, 1.165) is 19.7 Å². The summed E-state index contributed by atoms with van der Waals surface area (Å²) in [6.45, 7) is 5.26. The van der Waals surface area contributed by atoms with Crippen LogP contribution in [0.1, 0.15) is 84.0 Å². The smallest absolute Gasteiger partial charge is 0.0587 e. The van der Waals surface area contributed by atoms with Gasteiger partial charge in [-0.15, -0.1) is 0 Å². The van der Waals surface area contributed by atoms with Crippen LogP contribution in [0.5, 0.6) is 0 Å².